The molecule has 4 rings (SSSR count). The van der Waals surface area contributed by atoms with Crippen LogP contribution in [-0.4, -0.2) is 25.7 Å². The van der Waals surface area contributed by atoms with Crippen LogP contribution in [0.1, 0.15) is 21.8 Å². The van der Waals surface area contributed by atoms with Crippen molar-refractivity contribution in [3.8, 4) is 11.1 Å². The van der Waals surface area contributed by atoms with Crippen molar-refractivity contribution in [2.75, 3.05) is 11.9 Å². The Labute approximate surface area is 172 Å². The summed E-state index contributed by atoms with van der Waals surface area (Å²) in [5.41, 5.74) is 6.42. The van der Waals surface area contributed by atoms with E-state index in [4.69, 9.17) is 5.11 Å². The molecule has 0 radical (unpaired) electrons. The summed E-state index contributed by atoms with van der Waals surface area (Å²) >= 11 is 2.29. The van der Waals surface area contributed by atoms with E-state index in [-0.39, 0.29) is 43.7 Å². The number of rotatable bonds is 3. The Morgan fingerprint density at radius 1 is 1.20 bits per heavy atom. The smallest absolute Gasteiger partial charge is 1.00 e. The minimum absolute atomic E-state index is 0. The molecule has 3 nitrogen and oxygen atoms in total. The summed E-state index contributed by atoms with van der Waals surface area (Å²) in [6, 6.07) is 10.7. The van der Waals surface area contributed by atoms with Gasteiger partial charge in [-0.3, -0.25) is 0 Å². The topological polar surface area (TPSA) is 49.3 Å². The third kappa shape index (κ3) is 3.03. The molecule has 1 aliphatic carbocycles. The molecule has 0 spiro atoms. The summed E-state index contributed by atoms with van der Waals surface area (Å²) < 4.78 is 0.436. The molecule has 1 amide bonds. The average molecular weight is 427 g/mol. The van der Waals surface area contributed by atoms with Gasteiger partial charge in [-0.05, 0) is 0 Å². The van der Waals surface area contributed by atoms with Crippen LogP contribution in [0.5, 0.6) is 0 Å². The maximum atomic E-state index is 12.0. The van der Waals surface area contributed by atoms with Crippen LogP contribution in [-0.2, 0) is 25.2 Å². The van der Waals surface area contributed by atoms with E-state index in [9.17, 15) is 4.79 Å². The minimum Gasteiger partial charge on any atom is -1.00 e. The predicted molar refractivity (Wildman–Crippen MR) is 90.8 cm³/mol. The summed E-state index contributed by atoms with van der Waals surface area (Å²) in [5.74, 6) is -0.106. The zero-order valence-electron chi connectivity index (χ0n) is 14.0. The summed E-state index contributed by atoms with van der Waals surface area (Å²) in [6.45, 7) is 4.60. The number of halogens is 2. The molecule has 129 valence electrons. The number of hydrogen-bond donors (Lipinski definition) is 2. The zero-order valence-corrected chi connectivity index (χ0v) is 18.1. The fraction of sp³-hybridized carbons (Fsp3) is 0.278. The number of carbonyl (C=O) groups excluding carboxylic acids is 1. The molecule has 0 aromatic heterocycles. The second kappa shape index (κ2) is 7.18. The van der Waals surface area contributed by atoms with Gasteiger partial charge in [0.25, 0.3) is 0 Å². The first-order valence-electron chi connectivity index (χ1n) is 7.89. The zero-order chi connectivity index (χ0) is 16.4. The van der Waals surface area contributed by atoms with E-state index in [2.05, 4.69) is 69.2 Å². The molecule has 0 saturated carbocycles. The SMILES string of the molecule is C[Si]1(C)c2c(NC(=O)CCO)cc3c(c21)[CH]([Ti+2])c1ccccc1-3.[Cl-].[Cl-]. The van der Waals surface area contributed by atoms with Gasteiger partial charge < -0.3 is 24.8 Å². The summed E-state index contributed by atoms with van der Waals surface area (Å²) in [7, 11) is -1.55. The fourth-order valence-electron chi connectivity index (χ4n) is 3.93. The minimum atomic E-state index is -1.55. The molecule has 0 bridgehead atoms. The Morgan fingerprint density at radius 2 is 1.88 bits per heavy atom. The molecule has 2 N–H and O–H groups in total. The quantitative estimate of drug-likeness (QED) is 0.488. The van der Waals surface area contributed by atoms with Crippen LogP contribution in [0.3, 0.4) is 0 Å². The van der Waals surface area contributed by atoms with Crippen molar-refractivity contribution in [3.05, 3.63) is 41.5 Å². The molecule has 2 aliphatic rings. The van der Waals surface area contributed by atoms with Gasteiger partial charge >= 0.3 is 149 Å². The fourth-order valence-corrected chi connectivity index (χ4v) is 8.73. The molecule has 1 aliphatic heterocycles. The van der Waals surface area contributed by atoms with Gasteiger partial charge in [0.15, 0.2) is 0 Å². The van der Waals surface area contributed by atoms with Crippen LogP contribution in [0.4, 0.5) is 5.69 Å². The molecule has 1 atom stereocenters. The van der Waals surface area contributed by atoms with Gasteiger partial charge in [0.05, 0.1) is 0 Å². The number of aliphatic hydroxyl groups excluding tert-OH is 1. The van der Waals surface area contributed by atoms with Crippen molar-refractivity contribution in [2.45, 2.75) is 23.7 Å². The van der Waals surface area contributed by atoms with Crippen molar-refractivity contribution < 1.29 is 55.2 Å². The number of anilines is 1. The number of carbonyl (C=O) groups is 1. The molecular weight excluding hydrogens is 409 g/mol. The van der Waals surface area contributed by atoms with Gasteiger partial charge in [-0.15, -0.1) is 0 Å². The van der Waals surface area contributed by atoms with Gasteiger partial charge in [-0.1, -0.05) is 0 Å². The van der Waals surface area contributed by atoms with Crippen molar-refractivity contribution in [2.24, 2.45) is 0 Å². The number of nitrogens with one attached hydrogen (secondary N) is 1. The normalized spacial score (nSPS) is 17.4. The third-order valence-corrected chi connectivity index (χ3v) is 9.24. The molecule has 1 unspecified atom stereocenters. The standard InChI is InChI=1S/C18H18NO2Si.2ClH.Ti/c1-22(2)17-14-9-11-5-3-4-6-12(11)13(14)10-15(18(17)22)19-16(21)7-8-20;;;/h3-6,9-10,20H,7-8H2,1-2H3,(H,19,21);2*1H;/q;;;+2/p-2. The monoisotopic (exact) mass is 426 g/mol. The third-order valence-electron chi connectivity index (χ3n) is 5.02. The molecule has 0 saturated heterocycles. The van der Waals surface area contributed by atoms with Gasteiger partial charge in [0, 0.05) is 0 Å². The van der Waals surface area contributed by atoms with E-state index in [1.54, 1.807) is 0 Å². The average Bonchev–Trinajstić information content (AvgIpc) is 2.98. The van der Waals surface area contributed by atoms with E-state index < -0.39 is 8.07 Å². The molecule has 2 aromatic rings. The van der Waals surface area contributed by atoms with Crippen LogP contribution in [0.15, 0.2) is 30.3 Å². The number of fused-ring (bicyclic) bond motifs is 5. The maximum Gasteiger partial charge on any atom is -1.00 e. The van der Waals surface area contributed by atoms with Crippen LogP contribution < -0.4 is 40.5 Å². The molecule has 25 heavy (non-hydrogen) atoms. The first-order valence-corrected chi connectivity index (χ1v) is 11.8. The van der Waals surface area contributed by atoms with Crippen molar-refractivity contribution in [1.82, 2.24) is 0 Å². The van der Waals surface area contributed by atoms with E-state index in [1.165, 1.54) is 32.6 Å². The number of amides is 1. The van der Waals surface area contributed by atoms with E-state index in [1.807, 2.05) is 0 Å². The molecule has 1 heterocycles. The Balaban J connectivity index is 0.00000113. The molecule has 2 aromatic carbocycles. The van der Waals surface area contributed by atoms with Crippen molar-refractivity contribution in [1.29, 1.82) is 0 Å². The van der Waals surface area contributed by atoms with E-state index in [0.717, 1.165) is 5.69 Å². The second-order valence-electron chi connectivity index (χ2n) is 6.80. The summed E-state index contributed by atoms with van der Waals surface area (Å²) in [5, 5.41) is 14.9. The number of aliphatic hydroxyl groups is 1. The Morgan fingerprint density at radius 3 is 2.56 bits per heavy atom. The van der Waals surface area contributed by atoms with E-state index >= 15 is 0 Å². The number of hydrogen-bond acceptors (Lipinski definition) is 2. The van der Waals surface area contributed by atoms with Gasteiger partial charge in [-0.2, -0.15) is 0 Å². The predicted octanol–water partition coefficient (Wildman–Crippen LogP) is -4.23. The Bertz CT molecular complexity index is 857. The maximum absolute atomic E-state index is 12.0. The molecule has 7 heteroatoms. The van der Waals surface area contributed by atoms with E-state index in [0.29, 0.717) is 4.22 Å². The Hall–Kier alpha value is -0.619. The largest absolute Gasteiger partial charge is 1.00 e. The Kier molecular flexibility index (Phi) is 5.94. The molecular formula is C18H18Cl2NO2SiTi. The van der Waals surface area contributed by atoms with Crippen molar-refractivity contribution in [3.63, 3.8) is 0 Å². The molecule has 0 fully saturated rings. The second-order valence-corrected chi connectivity index (χ2v) is 12.0. The first kappa shape index (κ1) is 20.7. The van der Waals surface area contributed by atoms with Gasteiger partial charge in [-0.25, -0.2) is 0 Å². The van der Waals surface area contributed by atoms with Crippen LogP contribution in [0, 0.1) is 0 Å². The van der Waals surface area contributed by atoms with Crippen LogP contribution >= 0.6 is 0 Å². The van der Waals surface area contributed by atoms with Gasteiger partial charge in [0.1, 0.15) is 0 Å². The summed E-state index contributed by atoms with van der Waals surface area (Å²) in [6.07, 6.45) is 0.154. The van der Waals surface area contributed by atoms with Crippen LogP contribution in [0.25, 0.3) is 11.1 Å². The van der Waals surface area contributed by atoms with Crippen LogP contribution in [0.2, 0.25) is 13.1 Å². The first-order chi connectivity index (χ1) is 11.0. The summed E-state index contributed by atoms with van der Waals surface area (Å²) in [4.78, 5) is 12.0. The van der Waals surface area contributed by atoms with Gasteiger partial charge in [0.2, 0.25) is 0 Å². The van der Waals surface area contributed by atoms with Crippen molar-refractivity contribution >= 4 is 30.0 Å². The number of benzene rings is 2.